The number of thiazole rings is 1. The van der Waals surface area contributed by atoms with Crippen LogP contribution < -0.4 is 5.32 Å². The molecular weight excluding hydrogens is 336 g/mol. The zero-order valence-corrected chi connectivity index (χ0v) is 15.2. The third-order valence-electron chi connectivity index (χ3n) is 3.67. The Bertz CT molecular complexity index is 844. The lowest BCUT2D eigenvalue weighted by Gasteiger charge is -2.03. The number of nitrogens with one attached hydrogen (secondary N) is 1. The minimum atomic E-state index is -0.0372. The van der Waals surface area contributed by atoms with Crippen molar-refractivity contribution in [1.29, 1.82) is 0 Å². The van der Waals surface area contributed by atoms with E-state index in [1.807, 2.05) is 35.7 Å². The Balaban J connectivity index is 1.61. The van der Waals surface area contributed by atoms with Gasteiger partial charge in [0.2, 0.25) is 5.91 Å². The summed E-state index contributed by atoms with van der Waals surface area (Å²) in [6, 6.07) is 16.2. The minimum Gasteiger partial charge on any atom is -0.301 e. The molecule has 3 rings (SSSR count). The monoisotopic (exact) mass is 354 g/mol. The van der Waals surface area contributed by atoms with E-state index in [-0.39, 0.29) is 5.91 Å². The molecule has 5 heteroatoms. The Morgan fingerprint density at radius 1 is 1.12 bits per heavy atom. The molecular formula is C19H18N2OS2. The number of aromatic nitrogens is 1. The van der Waals surface area contributed by atoms with Gasteiger partial charge in [0.05, 0.1) is 11.4 Å². The molecule has 3 aromatic rings. The van der Waals surface area contributed by atoms with Crippen LogP contribution in [-0.4, -0.2) is 16.6 Å². The van der Waals surface area contributed by atoms with Gasteiger partial charge in [-0.2, -0.15) is 0 Å². The molecule has 0 aliphatic rings. The van der Waals surface area contributed by atoms with Crippen molar-refractivity contribution in [2.75, 3.05) is 11.1 Å². The number of anilines is 1. The third-order valence-corrected chi connectivity index (χ3v) is 5.44. The summed E-state index contributed by atoms with van der Waals surface area (Å²) in [6.07, 6.45) is 0. The summed E-state index contributed by atoms with van der Waals surface area (Å²) < 4.78 is 0. The SMILES string of the molecule is Cc1ccc(-c2csc(NC(=O)CSc3ccccc3)n2)cc1C. The van der Waals surface area contributed by atoms with Crippen molar-refractivity contribution in [3.8, 4) is 11.3 Å². The van der Waals surface area contributed by atoms with Crippen LogP contribution >= 0.6 is 23.1 Å². The molecule has 0 saturated carbocycles. The molecule has 122 valence electrons. The van der Waals surface area contributed by atoms with Gasteiger partial charge in [-0.15, -0.1) is 23.1 Å². The molecule has 0 atom stereocenters. The second kappa shape index (κ2) is 7.64. The van der Waals surface area contributed by atoms with Crippen LogP contribution in [0.3, 0.4) is 0 Å². The van der Waals surface area contributed by atoms with Gasteiger partial charge in [0, 0.05) is 15.8 Å². The molecule has 1 N–H and O–H groups in total. The maximum Gasteiger partial charge on any atom is 0.236 e. The lowest BCUT2D eigenvalue weighted by molar-refractivity contribution is -0.113. The number of benzene rings is 2. The molecule has 0 spiro atoms. The predicted molar refractivity (Wildman–Crippen MR) is 103 cm³/mol. The van der Waals surface area contributed by atoms with Gasteiger partial charge < -0.3 is 5.32 Å². The summed E-state index contributed by atoms with van der Waals surface area (Å²) in [7, 11) is 0. The number of nitrogens with zero attached hydrogens (tertiary/aromatic N) is 1. The van der Waals surface area contributed by atoms with Crippen molar-refractivity contribution in [2.24, 2.45) is 0 Å². The summed E-state index contributed by atoms with van der Waals surface area (Å²) >= 11 is 2.97. The second-order valence-corrected chi connectivity index (χ2v) is 7.39. The molecule has 0 aliphatic carbocycles. The quantitative estimate of drug-likeness (QED) is 0.644. The number of aryl methyl sites for hydroxylation is 2. The number of thioether (sulfide) groups is 1. The van der Waals surface area contributed by atoms with Crippen LogP contribution in [0.25, 0.3) is 11.3 Å². The molecule has 24 heavy (non-hydrogen) atoms. The number of rotatable bonds is 5. The van der Waals surface area contributed by atoms with Crippen LogP contribution in [0.15, 0.2) is 58.8 Å². The molecule has 0 saturated heterocycles. The van der Waals surface area contributed by atoms with Crippen LogP contribution in [0.5, 0.6) is 0 Å². The highest BCUT2D eigenvalue weighted by Gasteiger charge is 2.09. The molecule has 0 aliphatic heterocycles. The predicted octanol–water partition coefficient (Wildman–Crippen LogP) is 5.16. The van der Waals surface area contributed by atoms with Crippen LogP contribution in [-0.2, 0) is 4.79 Å². The molecule has 1 amide bonds. The van der Waals surface area contributed by atoms with Crippen molar-refractivity contribution in [2.45, 2.75) is 18.7 Å². The van der Waals surface area contributed by atoms with Crippen LogP contribution in [0.2, 0.25) is 0 Å². The van der Waals surface area contributed by atoms with E-state index < -0.39 is 0 Å². The molecule has 0 fully saturated rings. The maximum atomic E-state index is 12.1. The first-order valence-electron chi connectivity index (χ1n) is 7.62. The van der Waals surface area contributed by atoms with E-state index in [4.69, 9.17) is 0 Å². The van der Waals surface area contributed by atoms with E-state index in [0.717, 1.165) is 16.2 Å². The summed E-state index contributed by atoms with van der Waals surface area (Å²) in [5.74, 6) is 0.340. The Kier molecular flexibility index (Phi) is 5.33. The standard InChI is InChI=1S/C19H18N2OS2/c1-13-8-9-15(10-14(13)2)17-11-24-19(20-17)21-18(22)12-23-16-6-4-3-5-7-16/h3-11H,12H2,1-2H3,(H,20,21,22). The fourth-order valence-corrected chi connectivity index (χ4v) is 3.64. The van der Waals surface area contributed by atoms with Crippen molar-refractivity contribution in [1.82, 2.24) is 4.98 Å². The lowest BCUT2D eigenvalue weighted by Crippen LogP contribution is -2.13. The average molecular weight is 355 g/mol. The van der Waals surface area contributed by atoms with Crippen molar-refractivity contribution in [3.63, 3.8) is 0 Å². The van der Waals surface area contributed by atoms with Crippen LogP contribution in [0.4, 0.5) is 5.13 Å². The Morgan fingerprint density at radius 3 is 2.67 bits per heavy atom. The van der Waals surface area contributed by atoms with Crippen LogP contribution in [0, 0.1) is 13.8 Å². The molecule has 0 unspecified atom stereocenters. The fourth-order valence-electron chi connectivity index (χ4n) is 2.19. The molecule has 0 bridgehead atoms. The molecule has 3 nitrogen and oxygen atoms in total. The summed E-state index contributed by atoms with van der Waals surface area (Å²) in [6.45, 7) is 4.19. The van der Waals surface area contributed by atoms with E-state index in [1.54, 1.807) is 0 Å². The zero-order chi connectivity index (χ0) is 16.9. The number of hydrogen-bond acceptors (Lipinski definition) is 4. The first-order chi connectivity index (χ1) is 11.6. The van der Waals surface area contributed by atoms with Gasteiger partial charge in [-0.3, -0.25) is 4.79 Å². The lowest BCUT2D eigenvalue weighted by atomic mass is 10.1. The first kappa shape index (κ1) is 16.7. The molecule has 0 radical (unpaired) electrons. The normalized spacial score (nSPS) is 10.6. The summed E-state index contributed by atoms with van der Waals surface area (Å²) in [5, 5.41) is 5.49. The summed E-state index contributed by atoms with van der Waals surface area (Å²) in [4.78, 5) is 17.7. The number of amides is 1. The molecule has 1 heterocycles. The van der Waals surface area contributed by atoms with E-state index in [1.165, 1.54) is 34.2 Å². The zero-order valence-electron chi connectivity index (χ0n) is 13.6. The maximum absolute atomic E-state index is 12.1. The highest BCUT2D eigenvalue weighted by atomic mass is 32.2. The summed E-state index contributed by atoms with van der Waals surface area (Å²) in [5.41, 5.74) is 4.48. The topological polar surface area (TPSA) is 42.0 Å². The highest BCUT2D eigenvalue weighted by molar-refractivity contribution is 8.00. The van der Waals surface area contributed by atoms with Crippen molar-refractivity contribution < 1.29 is 4.79 Å². The van der Waals surface area contributed by atoms with E-state index in [0.29, 0.717) is 10.9 Å². The Hall–Kier alpha value is -2.11. The van der Waals surface area contributed by atoms with Gasteiger partial charge >= 0.3 is 0 Å². The van der Waals surface area contributed by atoms with Gasteiger partial charge in [0.15, 0.2) is 5.13 Å². The molecule has 1 aromatic heterocycles. The van der Waals surface area contributed by atoms with Gasteiger partial charge in [0.1, 0.15) is 0 Å². The number of carbonyl (C=O) groups excluding carboxylic acids is 1. The van der Waals surface area contributed by atoms with Crippen molar-refractivity contribution >= 4 is 34.1 Å². The van der Waals surface area contributed by atoms with Gasteiger partial charge in [-0.1, -0.05) is 30.3 Å². The number of carbonyl (C=O) groups is 1. The third kappa shape index (κ3) is 4.24. The number of hydrogen-bond donors (Lipinski definition) is 1. The van der Waals surface area contributed by atoms with Gasteiger partial charge in [0.25, 0.3) is 0 Å². The Labute approximate surface area is 150 Å². The van der Waals surface area contributed by atoms with E-state index in [2.05, 4.69) is 42.3 Å². The first-order valence-corrected chi connectivity index (χ1v) is 9.49. The van der Waals surface area contributed by atoms with Crippen LogP contribution in [0.1, 0.15) is 11.1 Å². The fraction of sp³-hybridized carbons (Fsp3) is 0.158. The highest BCUT2D eigenvalue weighted by Crippen LogP contribution is 2.26. The second-order valence-electron chi connectivity index (χ2n) is 5.49. The minimum absolute atomic E-state index is 0.0372. The smallest absolute Gasteiger partial charge is 0.236 e. The Morgan fingerprint density at radius 2 is 1.92 bits per heavy atom. The van der Waals surface area contributed by atoms with Gasteiger partial charge in [-0.25, -0.2) is 4.98 Å². The largest absolute Gasteiger partial charge is 0.301 e. The van der Waals surface area contributed by atoms with Gasteiger partial charge in [-0.05, 0) is 43.2 Å². The molecule has 2 aromatic carbocycles. The van der Waals surface area contributed by atoms with E-state index in [9.17, 15) is 4.79 Å². The van der Waals surface area contributed by atoms with Crippen molar-refractivity contribution in [3.05, 3.63) is 65.0 Å². The van der Waals surface area contributed by atoms with E-state index >= 15 is 0 Å². The average Bonchev–Trinajstić information content (AvgIpc) is 3.05.